The summed E-state index contributed by atoms with van der Waals surface area (Å²) in [6.07, 6.45) is -5.46. The van der Waals surface area contributed by atoms with Gasteiger partial charge >= 0.3 is 12.3 Å². The van der Waals surface area contributed by atoms with E-state index in [1.165, 1.54) is 24.3 Å². The van der Waals surface area contributed by atoms with Gasteiger partial charge in [0.15, 0.2) is 0 Å². The van der Waals surface area contributed by atoms with Crippen molar-refractivity contribution in [3.63, 3.8) is 0 Å². The first-order valence-corrected chi connectivity index (χ1v) is 12.5. The fourth-order valence-corrected chi connectivity index (χ4v) is 4.93. The smallest absolute Gasteiger partial charge is 0.420 e. The predicted molar refractivity (Wildman–Crippen MR) is 142 cm³/mol. The van der Waals surface area contributed by atoms with Gasteiger partial charge in [-0.05, 0) is 48.9 Å². The molecule has 0 spiro atoms. The molecule has 0 N–H and O–H groups in total. The van der Waals surface area contributed by atoms with E-state index in [2.05, 4.69) is 21.0 Å². The molecule has 3 aromatic carbocycles. The lowest BCUT2D eigenvalue weighted by atomic mass is 9.76. The highest BCUT2D eigenvalue weighted by molar-refractivity contribution is 9.10. The zero-order valence-electron chi connectivity index (χ0n) is 20.3. The average Bonchev–Trinajstić information content (AvgIpc) is 3.21. The lowest BCUT2D eigenvalue weighted by Crippen LogP contribution is -2.44. The van der Waals surface area contributed by atoms with E-state index in [1.54, 1.807) is 24.3 Å². The number of anilines is 1. The summed E-state index contributed by atoms with van der Waals surface area (Å²) in [4.78, 5) is 26.8. The third-order valence-electron chi connectivity index (χ3n) is 6.23. The van der Waals surface area contributed by atoms with Crippen LogP contribution in [-0.4, -0.2) is 42.9 Å². The highest BCUT2D eigenvalue weighted by Crippen LogP contribution is 2.39. The fourth-order valence-electron chi connectivity index (χ4n) is 4.38. The normalized spacial score (nSPS) is 17.2. The Labute approximate surface area is 230 Å². The minimum atomic E-state index is -4.60. The Morgan fingerprint density at radius 2 is 1.76 bits per heavy atom. The number of ether oxygens (including phenoxy) is 1. The van der Waals surface area contributed by atoms with Gasteiger partial charge in [-0.25, -0.2) is 9.69 Å². The number of methoxy groups -OCH3 is 1. The second-order valence-corrected chi connectivity index (χ2v) is 10.2. The number of hydrazone groups is 1. The van der Waals surface area contributed by atoms with Crippen molar-refractivity contribution in [2.75, 3.05) is 25.1 Å². The summed E-state index contributed by atoms with van der Waals surface area (Å²) < 4.78 is 45.5. The zero-order chi connectivity index (χ0) is 27.7. The Morgan fingerprint density at radius 3 is 2.34 bits per heavy atom. The Morgan fingerprint density at radius 1 is 1.11 bits per heavy atom. The van der Waals surface area contributed by atoms with Crippen LogP contribution >= 0.6 is 27.5 Å². The van der Waals surface area contributed by atoms with Crippen LogP contribution in [0.4, 0.5) is 23.7 Å². The summed E-state index contributed by atoms with van der Waals surface area (Å²) in [5.41, 5.74) is 0.259. The highest BCUT2D eigenvalue weighted by atomic mass is 79.9. The van der Waals surface area contributed by atoms with Gasteiger partial charge in [0.2, 0.25) is 0 Å². The SMILES string of the molecule is COC(=O)N(C(=O)CN1CC(C)(c2ccccc2)C(c2ccc(C(F)(F)F)c(Cl)c2)=N1)c1ccc(Br)cc1. The van der Waals surface area contributed by atoms with Crippen LogP contribution in [0.5, 0.6) is 0 Å². The van der Waals surface area contributed by atoms with E-state index >= 15 is 0 Å². The molecule has 38 heavy (non-hydrogen) atoms. The van der Waals surface area contributed by atoms with Gasteiger partial charge in [-0.2, -0.15) is 18.3 Å². The van der Waals surface area contributed by atoms with E-state index in [0.29, 0.717) is 17.0 Å². The second-order valence-electron chi connectivity index (χ2n) is 8.84. The number of carbonyl (C=O) groups excluding carboxylic acids is 2. The summed E-state index contributed by atoms with van der Waals surface area (Å²) in [6, 6.07) is 19.3. The summed E-state index contributed by atoms with van der Waals surface area (Å²) in [6.45, 7) is 1.83. The lowest BCUT2D eigenvalue weighted by Gasteiger charge is -2.28. The van der Waals surface area contributed by atoms with Crippen LogP contribution < -0.4 is 4.90 Å². The Balaban J connectivity index is 1.71. The number of hydrogen-bond acceptors (Lipinski definition) is 5. The molecule has 0 saturated heterocycles. The maximum Gasteiger partial charge on any atom is 0.420 e. The predicted octanol–water partition coefficient (Wildman–Crippen LogP) is 6.90. The lowest BCUT2D eigenvalue weighted by molar-refractivity contribution is -0.137. The summed E-state index contributed by atoms with van der Waals surface area (Å²) >= 11 is 9.34. The molecule has 1 aliphatic rings. The van der Waals surface area contributed by atoms with Gasteiger partial charge in [0.25, 0.3) is 5.91 Å². The van der Waals surface area contributed by atoms with Crippen molar-refractivity contribution in [1.29, 1.82) is 0 Å². The van der Waals surface area contributed by atoms with Crippen molar-refractivity contribution in [1.82, 2.24) is 5.01 Å². The van der Waals surface area contributed by atoms with E-state index in [4.69, 9.17) is 16.3 Å². The van der Waals surface area contributed by atoms with E-state index in [9.17, 15) is 22.8 Å². The molecule has 0 aromatic heterocycles. The number of hydrogen-bond donors (Lipinski definition) is 0. The topological polar surface area (TPSA) is 62.2 Å². The van der Waals surface area contributed by atoms with Crippen molar-refractivity contribution >= 4 is 50.9 Å². The monoisotopic (exact) mass is 607 g/mol. The highest BCUT2D eigenvalue weighted by Gasteiger charge is 2.43. The first-order valence-electron chi connectivity index (χ1n) is 11.4. The molecule has 1 heterocycles. The number of carbonyl (C=O) groups is 2. The standard InChI is InChI=1S/C27H22BrClF3N3O3/c1-26(18-6-4-3-5-7-18)16-34(33-24(26)17-8-13-21(22(29)14-17)27(30,31)32)15-23(36)35(25(37)38-2)20-11-9-19(28)10-12-20/h3-14H,15-16H2,1-2H3. The van der Waals surface area contributed by atoms with Gasteiger partial charge in [0.05, 0.1) is 41.1 Å². The first kappa shape index (κ1) is 27.7. The maximum atomic E-state index is 13.3. The molecular formula is C27H22BrClF3N3O3. The summed E-state index contributed by atoms with van der Waals surface area (Å²) in [5, 5.41) is 5.68. The molecule has 0 radical (unpaired) electrons. The van der Waals surface area contributed by atoms with Crippen molar-refractivity contribution < 1.29 is 27.5 Å². The van der Waals surface area contributed by atoms with Gasteiger partial charge in [0, 0.05) is 10.0 Å². The molecule has 6 nitrogen and oxygen atoms in total. The molecule has 4 rings (SSSR count). The molecular weight excluding hydrogens is 587 g/mol. The minimum Gasteiger partial charge on any atom is -0.452 e. The number of amides is 2. The molecule has 0 aliphatic carbocycles. The van der Waals surface area contributed by atoms with Crippen LogP contribution in [0.15, 0.2) is 82.4 Å². The van der Waals surface area contributed by atoms with Crippen LogP contribution in [0.3, 0.4) is 0 Å². The number of nitrogens with zero attached hydrogens (tertiary/aromatic N) is 3. The Hall–Kier alpha value is -3.37. The Kier molecular flexibility index (Phi) is 7.85. The largest absolute Gasteiger partial charge is 0.452 e. The number of benzene rings is 3. The molecule has 1 unspecified atom stereocenters. The van der Waals surface area contributed by atoms with Crippen molar-refractivity contribution in [3.05, 3.63) is 99.0 Å². The van der Waals surface area contributed by atoms with Crippen LogP contribution in [0.1, 0.15) is 23.6 Å². The van der Waals surface area contributed by atoms with Crippen LogP contribution in [0, 0.1) is 0 Å². The molecule has 1 aliphatic heterocycles. The van der Waals surface area contributed by atoms with Gasteiger partial charge < -0.3 is 4.74 Å². The van der Waals surface area contributed by atoms with Crippen LogP contribution in [0.2, 0.25) is 5.02 Å². The molecule has 0 fully saturated rings. The molecule has 198 valence electrons. The summed E-state index contributed by atoms with van der Waals surface area (Å²) in [5.74, 6) is -0.593. The molecule has 0 bridgehead atoms. The fraction of sp³-hybridized carbons (Fsp3) is 0.222. The van der Waals surface area contributed by atoms with Gasteiger partial charge in [-0.1, -0.05) is 63.9 Å². The molecule has 3 aromatic rings. The van der Waals surface area contributed by atoms with Crippen molar-refractivity contribution in [2.24, 2.45) is 5.10 Å². The minimum absolute atomic E-state index is 0.228. The number of imide groups is 1. The van der Waals surface area contributed by atoms with Gasteiger partial charge in [-0.3, -0.25) is 9.80 Å². The third-order valence-corrected chi connectivity index (χ3v) is 7.07. The number of alkyl halides is 3. The molecule has 11 heteroatoms. The Bertz CT molecular complexity index is 1380. The van der Waals surface area contributed by atoms with Crippen molar-refractivity contribution in [2.45, 2.75) is 18.5 Å². The number of rotatable bonds is 5. The van der Waals surface area contributed by atoms with E-state index in [0.717, 1.165) is 21.0 Å². The van der Waals surface area contributed by atoms with Crippen LogP contribution in [0.25, 0.3) is 0 Å². The van der Waals surface area contributed by atoms with Crippen LogP contribution in [-0.2, 0) is 21.1 Å². The molecule has 2 amide bonds. The number of halogens is 5. The zero-order valence-corrected chi connectivity index (χ0v) is 22.6. The maximum absolute atomic E-state index is 13.3. The average molecular weight is 609 g/mol. The van der Waals surface area contributed by atoms with E-state index < -0.39 is 34.2 Å². The molecule has 1 atom stereocenters. The van der Waals surface area contributed by atoms with E-state index in [-0.39, 0.29) is 13.1 Å². The molecule has 0 saturated carbocycles. The second kappa shape index (κ2) is 10.8. The van der Waals surface area contributed by atoms with E-state index in [1.807, 2.05) is 37.3 Å². The summed E-state index contributed by atoms with van der Waals surface area (Å²) in [7, 11) is 1.18. The van der Waals surface area contributed by atoms with Crippen molar-refractivity contribution in [3.8, 4) is 0 Å². The van der Waals surface area contributed by atoms with Gasteiger partial charge in [-0.15, -0.1) is 0 Å². The quantitative estimate of drug-likeness (QED) is 0.316. The third kappa shape index (κ3) is 5.56. The first-order chi connectivity index (χ1) is 17.9. The van der Waals surface area contributed by atoms with Gasteiger partial charge in [0.1, 0.15) is 6.54 Å².